The van der Waals surface area contributed by atoms with E-state index in [0.717, 1.165) is 67.9 Å². The fraction of sp³-hybridized carbons (Fsp3) is 0.0698. The van der Waals surface area contributed by atoms with Crippen LogP contribution < -0.4 is 14.5 Å². The molecule has 0 N–H and O–H groups in total. The van der Waals surface area contributed by atoms with Crippen LogP contribution >= 0.6 is 0 Å². The fourth-order valence-electron chi connectivity index (χ4n) is 6.92. The molecule has 5 heteroatoms. The molecule has 0 amide bonds. The SMILES string of the molecule is CN(C)c1ccnc(-c2cccc(Oc3cccc(C4(c5ccccn5)c5ccccc5N(c5ccccc5)c5ccccc54)c3)c2)c1. The third-order valence-corrected chi connectivity index (χ3v) is 9.05. The van der Waals surface area contributed by atoms with Crippen molar-refractivity contribution in [2.45, 2.75) is 5.41 Å². The van der Waals surface area contributed by atoms with Crippen LogP contribution in [0.3, 0.4) is 0 Å². The Morgan fingerprint density at radius 3 is 1.94 bits per heavy atom. The highest BCUT2D eigenvalue weighted by Crippen LogP contribution is 2.57. The van der Waals surface area contributed by atoms with E-state index in [1.54, 1.807) is 0 Å². The summed E-state index contributed by atoms with van der Waals surface area (Å²) in [5.41, 5.74) is 9.92. The monoisotopic (exact) mass is 622 g/mol. The van der Waals surface area contributed by atoms with E-state index < -0.39 is 5.41 Å². The van der Waals surface area contributed by atoms with Crippen LogP contribution in [0.1, 0.15) is 22.4 Å². The second kappa shape index (κ2) is 12.2. The molecule has 0 radical (unpaired) electrons. The first-order valence-corrected chi connectivity index (χ1v) is 16.1. The summed E-state index contributed by atoms with van der Waals surface area (Å²) in [5.74, 6) is 1.49. The van der Waals surface area contributed by atoms with Gasteiger partial charge in [-0.25, -0.2) is 0 Å². The Balaban J connectivity index is 1.29. The number of hydrogen-bond acceptors (Lipinski definition) is 5. The van der Waals surface area contributed by atoms with Crippen molar-refractivity contribution in [1.29, 1.82) is 0 Å². The molecule has 48 heavy (non-hydrogen) atoms. The van der Waals surface area contributed by atoms with Gasteiger partial charge in [-0.3, -0.25) is 9.97 Å². The number of benzene rings is 5. The molecule has 0 saturated heterocycles. The molecule has 8 rings (SSSR count). The second-order valence-electron chi connectivity index (χ2n) is 12.1. The van der Waals surface area contributed by atoms with Crippen LogP contribution in [0.4, 0.5) is 22.7 Å². The van der Waals surface area contributed by atoms with Crippen LogP contribution in [0.5, 0.6) is 11.5 Å². The summed E-state index contributed by atoms with van der Waals surface area (Å²) in [6, 6.07) is 54.8. The van der Waals surface area contributed by atoms with Crippen LogP contribution in [0.15, 0.2) is 170 Å². The highest BCUT2D eigenvalue weighted by Gasteiger charge is 2.47. The van der Waals surface area contributed by atoms with E-state index in [0.29, 0.717) is 0 Å². The van der Waals surface area contributed by atoms with E-state index in [1.807, 2.05) is 62.9 Å². The van der Waals surface area contributed by atoms with Crippen molar-refractivity contribution in [3.63, 3.8) is 0 Å². The van der Waals surface area contributed by atoms with Crippen molar-refractivity contribution in [1.82, 2.24) is 9.97 Å². The zero-order valence-corrected chi connectivity index (χ0v) is 26.9. The standard InChI is InChI=1S/C43H34N4O/c1-46(2)34-25-27-44-39(30-34)31-14-12-18-35(28-31)48-36-19-13-15-32(29-36)43(42-24-10-11-26-45-42)37-20-6-8-22-40(37)47(33-16-4-3-5-17-33)41-23-9-7-21-38(41)43/h3-30H,1-2H3. The number of nitrogens with zero attached hydrogens (tertiary/aromatic N) is 4. The Bertz CT molecular complexity index is 2170. The van der Waals surface area contributed by atoms with E-state index in [2.05, 4.69) is 136 Å². The minimum Gasteiger partial charge on any atom is -0.457 e. The summed E-state index contributed by atoms with van der Waals surface area (Å²) < 4.78 is 6.63. The number of ether oxygens (including phenoxy) is 1. The van der Waals surface area contributed by atoms with Crippen LogP contribution in [-0.2, 0) is 5.41 Å². The molecular formula is C43H34N4O. The highest BCUT2D eigenvalue weighted by atomic mass is 16.5. The number of pyridine rings is 2. The van der Waals surface area contributed by atoms with Gasteiger partial charge in [0.05, 0.1) is 28.2 Å². The summed E-state index contributed by atoms with van der Waals surface area (Å²) in [6.45, 7) is 0. The summed E-state index contributed by atoms with van der Waals surface area (Å²) >= 11 is 0. The topological polar surface area (TPSA) is 41.5 Å². The Morgan fingerprint density at radius 2 is 1.23 bits per heavy atom. The number of fused-ring (bicyclic) bond motifs is 2. The van der Waals surface area contributed by atoms with Gasteiger partial charge in [-0.05, 0) is 89.5 Å². The predicted molar refractivity (Wildman–Crippen MR) is 195 cm³/mol. The Hall–Kier alpha value is -6.20. The maximum Gasteiger partial charge on any atom is 0.128 e. The van der Waals surface area contributed by atoms with E-state index in [4.69, 9.17) is 9.72 Å². The van der Waals surface area contributed by atoms with E-state index in [9.17, 15) is 0 Å². The molecule has 0 bridgehead atoms. The normalized spacial score (nSPS) is 12.9. The number of para-hydroxylation sites is 3. The molecule has 0 aliphatic carbocycles. The number of rotatable bonds is 7. The van der Waals surface area contributed by atoms with Gasteiger partial charge in [0.2, 0.25) is 0 Å². The molecule has 7 aromatic rings. The maximum atomic E-state index is 6.63. The lowest BCUT2D eigenvalue weighted by atomic mass is 9.64. The molecule has 0 saturated carbocycles. The average Bonchev–Trinajstić information content (AvgIpc) is 3.15. The molecule has 0 fully saturated rings. The van der Waals surface area contributed by atoms with Gasteiger partial charge < -0.3 is 14.5 Å². The van der Waals surface area contributed by atoms with Gasteiger partial charge in [0.25, 0.3) is 0 Å². The van der Waals surface area contributed by atoms with Gasteiger partial charge in [-0.15, -0.1) is 0 Å². The van der Waals surface area contributed by atoms with Crippen molar-refractivity contribution in [3.05, 3.63) is 193 Å². The Labute approximate surface area is 281 Å². The van der Waals surface area contributed by atoms with Gasteiger partial charge in [-0.1, -0.05) is 84.9 Å². The smallest absolute Gasteiger partial charge is 0.128 e. The zero-order valence-electron chi connectivity index (χ0n) is 26.9. The van der Waals surface area contributed by atoms with Gasteiger partial charge in [0, 0.05) is 43.4 Å². The van der Waals surface area contributed by atoms with E-state index >= 15 is 0 Å². The van der Waals surface area contributed by atoms with Crippen molar-refractivity contribution in [2.24, 2.45) is 0 Å². The largest absolute Gasteiger partial charge is 0.457 e. The average molecular weight is 623 g/mol. The van der Waals surface area contributed by atoms with Gasteiger partial charge in [-0.2, -0.15) is 0 Å². The van der Waals surface area contributed by atoms with Crippen LogP contribution in [0.2, 0.25) is 0 Å². The minimum atomic E-state index is -0.711. The maximum absolute atomic E-state index is 6.63. The number of hydrogen-bond donors (Lipinski definition) is 0. The third-order valence-electron chi connectivity index (χ3n) is 9.05. The molecule has 2 aromatic heterocycles. The number of anilines is 4. The summed E-state index contributed by atoms with van der Waals surface area (Å²) in [7, 11) is 4.07. The highest BCUT2D eigenvalue weighted by molar-refractivity contribution is 5.89. The molecule has 0 atom stereocenters. The Morgan fingerprint density at radius 1 is 0.562 bits per heavy atom. The zero-order chi connectivity index (χ0) is 32.5. The van der Waals surface area contributed by atoms with E-state index in [1.165, 1.54) is 0 Å². The van der Waals surface area contributed by atoms with Crippen LogP contribution in [0.25, 0.3) is 11.3 Å². The first-order chi connectivity index (χ1) is 23.6. The third kappa shape index (κ3) is 4.97. The van der Waals surface area contributed by atoms with Crippen molar-refractivity contribution in [2.75, 3.05) is 23.9 Å². The second-order valence-corrected chi connectivity index (χ2v) is 12.1. The molecule has 232 valence electrons. The van der Waals surface area contributed by atoms with Crippen molar-refractivity contribution in [3.8, 4) is 22.8 Å². The quantitative estimate of drug-likeness (QED) is 0.177. The molecule has 1 aliphatic rings. The van der Waals surface area contributed by atoms with Crippen LogP contribution in [0, 0.1) is 0 Å². The van der Waals surface area contributed by atoms with Gasteiger partial charge in [0.15, 0.2) is 0 Å². The predicted octanol–water partition coefficient (Wildman–Crippen LogP) is 10.2. The molecule has 5 nitrogen and oxygen atoms in total. The van der Waals surface area contributed by atoms with Gasteiger partial charge >= 0.3 is 0 Å². The molecular weight excluding hydrogens is 589 g/mol. The number of aromatic nitrogens is 2. The van der Waals surface area contributed by atoms with E-state index in [-0.39, 0.29) is 0 Å². The fourth-order valence-corrected chi connectivity index (χ4v) is 6.92. The molecule has 5 aromatic carbocycles. The summed E-state index contributed by atoms with van der Waals surface area (Å²) in [6.07, 6.45) is 3.73. The minimum absolute atomic E-state index is 0.711. The lowest BCUT2D eigenvalue weighted by molar-refractivity contribution is 0.481. The van der Waals surface area contributed by atoms with Crippen LogP contribution in [-0.4, -0.2) is 24.1 Å². The van der Waals surface area contributed by atoms with Crippen molar-refractivity contribution >= 4 is 22.7 Å². The summed E-state index contributed by atoms with van der Waals surface area (Å²) in [5, 5.41) is 0. The first-order valence-electron chi connectivity index (χ1n) is 16.1. The molecule has 3 heterocycles. The molecule has 1 aliphatic heterocycles. The lowest BCUT2D eigenvalue weighted by Gasteiger charge is -2.45. The van der Waals surface area contributed by atoms with Gasteiger partial charge in [0.1, 0.15) is 11.5 Å². The molecule has 0 spiro atoms. The van der Waals surface area contributed by atoms with Crippen molar-refractivity contribution < 1.29 is 4.74 Å². The lowest BCUT2D eigenvalue weighted by Crippen LogP contribution is -2.38. The summed E-state index contributed by atoms with van der Waals surface area (Å²) in [4.78, 5) is 14.1. The Kier molecular flexibility index (Phi) is 7.42. The molecule has 0 unspecified atom stereocenters. The first kappa shape index (κ1) is 29.2.